The van der Waals surface area contributed by atoms with Gasteiger partial charge in [0.25, 0.3) is 0 Å². The fraction of sp³-hybridized carbons (Fsp3) is 0.588. The molecule has 11 heteroatoms. The molecule has 148 valence electrons. The number of hydrogen-bond donors (Lipinski definition) is 0. The van der Waals surface area contributed by atoms with Crippen molar-refractivity contribution in [3.05, 3.63) is 16.1 Å². The first kappa shape index (κ1) is 17.7. The van der Waals surface area contributed by atoms with Crippen molar-refractivity contribution in [2.75, 3.05) is 62.3 Å². The molecule has 0 spiro atoms. The predicted octanol–water partition coefficient (Wildman–Crippen LogP) is 0.937. The normalized spacial score (nSPS) is 18.9. The molecule has 10 nitrogen and oxygen atoms in total. The van der Waals surface area contributed by atoms with Crippen molar-refractivity contribution in [2.24, 2.45) is 0 Å². The number of piperazine rings is 1. The summed E-state index contributed by atoms with van der Waals surface area (Å²) in [5.74, 6) is 1.70. The highest BCUT2D eigenvalue weighted by Crippen LogP contribution is 2.29. The third-order valence-corrected chi connectivity index (χ3v) is 5.94. The lowest BCUT2D eigenvalue weighted by Gasteiger charge is -2.37. The molecule has 0 radical (unpaired) electrons. The van der Waals surface area contributed by atoms with Crippen molar-refractivity contribution >= 4 is 34.3 Å². The van der Waals surface area contributed by atoms with Crippen LogP contribution in [0.5, 0.6) is 0 Å². The third-order valence-electron chi connectivity index (χ3n) is 5.11. The Morgan fingerprint density at radius 3 is 2.14 bits per heavy atom. The summed E-state index contributed by atoms with van der Waals surface area (Å²) in [6, 6.07) is 0. The van der Waals surface area contributed by atoms with E-state index in [2.05, 4.69) is 35.4 Å². The van der Waals surface area contributed by atoms with Crippen LogP contribution in [0.1, 0.15) is 10.7 Å². The second-order valence-corrected chi connectivity index (χ2v) is 8.06. The van der Waals surface area contributed by atoms with Crippen LogP contribution in [-0.4, -0.2) is 82.6 Å². The molecular formula is C17H22N8O2S. The maximum absolute atomic E-state index is 5.49. The lowest BCUT2D eigenvalue weighted by Crippen LogP contribution is -2.47. The maximum Gasteiger partial charge on any atom is 0.245 e. The van der Waals surface area contributed by atoms with Gasteiger partial charge in [-0.05, 0) is 17.2 Å². The molecule has 0 saturated carbocycles. The quantitative estimate of drug-likeness (QED) is 0.627. The Bertz CT molecular complexity index is 946. The number of aromatic nitrogens is 5. The molecule has 0 aromatic carbocycles. The Kier molecular flexibility index (Phi) is 4.79. The average molecular weight is 402 g/mol. The van der Waals surface area contributed by atoms with Crippen LogP contribution in [0, 0.1) is 6.92 Å². The van der Waals surface area contributed by atoms with Gasteiger partial charge in [-0.2, -0.15) is 0 Å². The molecule has 0 N–H and O–H groups in total. The highest BCUT2D eigenvalue weighted by Gasteiger charge is 2.26. The number of hydrogen-bond acceptors (Lipinski definition) is 11. The number of morpholine rings is 1. The molecular weight excluding hydrogens is 380 g/mol. The highest BCUT2D eigenvalue weighted by atomic mass is 32.1. The molecule has 0 bridgehead atoms. The van der Waals surface area contributed by atoms with Crippen LogP contribution in [0.3, 0.4) is 0 Å². The minimum absolute atomic E-state index is 0.447. The number of aryl methyl sites for hydroxylation is 1. The van der Waals surface area contributed by atoms with Gasteiger partial charge in [-0.15, -0.1) is 11.3 Å². The van der Waals surface area contributed by atoms with Crippen LogP contribution < -0.4 is 9.80 Å². The van der Waals surface area contributed by atoms with E-state index in [1.54, 1.807) is 11.3 Å². The van der Waals surface area contributed by atoms with E-state index in [9.17, 15) is 0 Å². The molecule has 2 aliphatic rings. The Balaban J connectivity index is 1.35. The highest BCUT2D eigenvalue weighted by molar-refractivity contribution is 7.09. The van der Waals surface area contributed by atoms with Crippen LogP contribution in [0.15, 0.2) is 10.0 Å². The minimum atomic E-state index is 0.447. The second kappa shape index (κ2) is 7.57. The topological polar surface area (TPSA) is 96.5 Å². The number of thiazole rings is 1. The van der Waals surface area contributed by atoms with Gasteiger partial charge >= 0.3 is 0 Å². The molecule has 2 fully saturated rings. The van der Waals surface area contributed by atoms with E-state index < -0.39 is 0 Å². The summed E-state index contributed by atoms with van der Waals surface area (Å²) >= 11 is 1.71. The van der Waals surface area contributed by atoms with Gasteiger partial charge in [0.05, 0.1) is 23.9 Å². The van der Waals surface area contributed by atoms with Crippen LogP contribution in [0.4, 0.5) is 11.6 Å². The predicted molar refractivity (Wildman–Crippen MR) is 105 cm³/mol. The van der Waals surface area contributed by atoms with Crippen molar-refractivity contribution in [1.29, 1.82) is 0 Å². The molecule has 0 aliphatic carbocycles. The molecule has 0 unspecified atom stereocenters. The molecule has 3 aromatic rings. The van der Waals surface area contributed by atoms with E-state index in [0.717, 1.165) is 68.2 Å². The van der Waals surface area contributed by atoms with E-state index in [1.807, 2.05) is 6.92 Å². The van der Waals surface area contributed by atoms with E-state index in [1.165, 1.54) is 0 Å². The van der Waals surface area contributed by atoms with Gasteiger partial charge < -0.3 is 14.5 Å². The maximum atomic E-state index is 5.49. The minimum Gasteiger partial charge on any atom is -0.378 e. The van der Waals surface area contributed by atoms with Crippen LogP contribution >= 0.6 is 11.3 Å². The summed E-state index contributed by atoms with van der Waals surface area (Å²) in [6.45, 7) is 9.58. The summed E-state index contributed by atoms with van der Waals surface area (Å²) in [7, 11) is 0. The van der Waals surface area contributed by atoms with Gasteiger partial charge in [-0.25, -0.2) is 19.6 Å². The molecule has 5 heterocycles. The number of nitrogens with zero attached hydrogens (tertiary/aromatic N) is 8. The summed E-state index contributed by atoms with van der Waals surface area (Å²) < 4.78 is 10.3. The Hall–Kier alpha value is -2.37. The lowest BCUT2D eigenvalue weighted by atomic mass is 10.3. The zero-order valence-electron chi connectivity index (χ0n) is 15.7. The van der Waals surface area contributed by atoms with Gasteiger partial charge in [0.15, 0.2) is 11.6 Å². The largest absolute Gasteiger partial charge is 0.378 e. The van der Waals surface area contributed by atoms with E-state index in [0.29, 0.717) is 24.5 Å². The summed E-state index contributed by atoms with van der Waals surface area (Å²) in [5.41, 5.74) is 2.05. The second-order valence-electron chi connectivity index (χ2n) is 7.00. The van der Waals surface area contributed by atoms with Gasteiger partial charge in [0.2, 0.25) is 11.3 Å². The number of anilines is 2. The SMILES string of the molecule is Cc1nc(CN2CCN(c3nc4nonc4nc3N3CCOCC3)CC2)cs1. The standard InChI is InChI=1S/C17H22N8O2S/c1-12-18-13(11-28-12)10-23-2-4-24(5-3-23)16-17(25-6-8-26-9-7-25)20-15-14(19-16)21-27-22-15/h11H,2-10H2,1H3. The fourth-order valence-corrected chi connectivity index (χ4v) is 4.25. The third kappa shape index (κ3) is 3.52. The van der Waals surface area contributed by atoms with Gasteiger partial charge in [-0.3, -0.25) is 4.90 Å². The van der Waals surface area contributed by atoms with E-state index in [-0.39, 0.29) is 0 Å². The molecule has 0 atom stereocenters. The monoisotopic (exact) mass is 402 g/mol. The first-order chi connectivity index (χ1) is 13.8. The summed E-state index contributed by atoms with van der Waals surface area (Å²) in [6.07, 6.45) is 0. The Morgan fingerprint density at radius 2 is 1.54 bits per heavy atom. The lowest BCUT2D eigenvalue weighted by molar-refractivity contribution is 0.122. The Morgan fingerprint density at radius 1 is 0.893 bits per heavy atom. The average Bonchev–Trinajstić information content (AvgIpc) is 3.36. The molecule has 2 aliphatic heterocycles. The first-order valence-electron chi connectivity index (χ1n) is 9.47. The van der Waals surface area contributed by atoms with E-state index in [4.69, 9.17) is 19.3 Å². The van der Waals surface area contributed by atoms with Crippen molar-refractivity contribution in [3.63, 3.8) is 0 Å². The summed E-state index contributed by atoms with van der Waals surface area (Å²) in [4.78, 5) is 20.9. The summed E-state index contributed by atoms with van der Waals surface area (Å²) in [5, 5.41) is 11.0. The number of ether oxygens (including phenoxy) is 1. The van der Waals surface area contributed by atoms with Gasteiger partial charge in [0.1, 0.15) is 0 Å². The number of rotatable bonds is 4. The molecule has 0 amide bonds. The fourth-order valence-electron chi connectivity index (χ4n) is 3.65. The van der Waals surface area contributed by atoms with Crippen molar-refractivity contribution in [2.45, 2.75) is 13.5 Å². The zero-order valence-corrected chi connectivity index (χ0v) is 16.6. The van der Waals surface area contributed by atoms with Crippen LogP contribution in [0.2, 0.25) is 0 Å². The Labute approximate surface area is 166 Å². The van der Waals surface area contributed by atoms with Crippen molar-refractivity contribution < 1.29 is 9.37 Å². The smallest absolute Gasteiger partial charge is 0.245 e. The molecule has 2 saturated heterocycles. The molecule has 3 aromatic heterocycles. The first-order valence-corrected chi connectivity index (χ1v) is 10.4. The van der Waals surface area contributed by atoms with Gasteiger partial charge in [-0.1, -0.05) is 0 Å². The van der Waals surface area contributed by atoms with Crippen LogP contribution in [-0.2, 0) is 11.3 Å². The van der Waals surface area contributed by atoms with Gasteiger partial charge in [0, 0.05) is 51.2 Å². The van der Waals surface area contributed by atoms with Crippen molar-refractivity contribution in [3.8, 4) is 0 Å². The molecule has 28 heavy (non-hydrogen) atoms. The zero-order chi connectivity index (χ0) is 18.9. The number of fused-ring (bicyclic) bond motifs is 1. The van der Waals surface area contributed by atoms with Crippen molar-refractivity contribution in [1.82, 2.24) is 30.2 Å². The van der Waals surface area contributed by atoms with E-state index >= 15 is 0 Å². The molecule has 5 rings (SSSR count). The van der Waals surface area contributed by atoms with Crippen LogP contribution in [0.25, 0.3) is 11.3 Å².